The third-order valence-electron chi connectivity index (χ3n) is 9.17. The molecule has 10 rings (SSSR count). The molecule has 0 aliphatic heterocycles. The zero-order chi connectivity index (χ0) is 30.2. The average molecular weight is 591 g/mol. The van der Waals surface area contributed by atoms with Gasteiger partial charge in [-0.1, -0.05) is 78.9 Å². The maximum absolute atomic E-state index is 6.37. The van der Waals surface area contributed by atoms with Gasteiger partial charge in [-0.2, -0.15) is 0 Å². The first kappa shape index (κ1) is 25.1. The van der Waals surface area contributed by atoms with Crippen molar-refractivity contribution in [1.82, 2.24) is 4.57 Å². The maximum Gasteiger partial charge on any atom is 0.137 e. The molecular formula is C42H26N2O2. The fraction of sp³-hybridized carbons (Fsp3) is 0. The van der Waals surface area contributed by atoms with Crippen LogP contribution in [-0.4, -0.2) is 4.57 Å². The zero-order valence-electron chi connectivity index (χ0n) is 24.7. The fourth-order valence-corrected chi connectivity index (χ4v) is 7.11. The molecule has 0 fully saturated rings. The average Bonchev–Trinajstić information content (AvgIpc) is 3.77. The molecule has 3 aromatic heterocycles. The number of furan rings is 2. The van der Waals surface area contributed by atoms with Crippen molar-refractivity contribution in [2.75, 3.05) is 4.90 Å². The number of para-hydroxylation sites is 4. The second kappa shape index (κ2) is 9.62. The normalized spacial score (nSPS) is 11.9. The number of nitrogens with zero attached hydrogens (tertiary/aromatic N) is 2. The summed E-state index contributed by atoms with van der Waals surface area (Å²) in [6.07, 6.45) is 0. The van der Waals surface area contributed by atoms with Crippen molar-refractivity contribution in [2.45, 2.75) is 0 Å². The lowest BCUT2D eigenvalue weighted by molar-refractivity contribution is 0.668. The van der Waals surface area contributed by atoms with Crippen LogP contribution in [0.15, 0.2) is 167 Å². The molecule has 4 nitrogen and oxygen atoms in total. The highest BCUT2D eigenvalue weighted by Gasteiger charge is 2.20. The van der Waals surface area contributed by atoms with E-state index in [4.69, 9.17) is 8.83 Å². The lowest BCUT2D eigenvalue weighted by atomic mass is 10.1. The van der Waals surface area contributed by atoms with E-state index in [1.165, 1.54) is 16.3 Å². The topological polar surface area (TPSA) is 34.5 Å². The fourth-order valence-electron chi connectivity index (χ4n) is 7.11. The highest BCUT2D eigenvalue weighted by molar-refractivity contribution is 6.11. The van der Waals surface area contributed by atoms with Crippen molar-refractivity contribution < 1.29 is 8.83 Å². The lowest BCUT2D eigenvalue weighted by Crippen LogP contribution is -2.10. The zero-order valence-corrected chi connectivity index (χ0v) is 24.7. The van der Waals surface area contributed by atoms with Gasteiger partial charge in [-0.15, -0.1) is 0 Å². The standard InChI is InChI=1S/C42H26N2O2/c1-2-10-27(11-3-1)44-37-15-7-4-12-31(37)32-21-18-29(25-38(32)44)43(28-20-23-41-36(24-28)34-14-6-9-17-40(34)45-41)30-19-22-35-33-13-5-8-16-39(33)46-42(35)26-30/h1-26H. The van der Waals surface area contributed by atoms with Crippen molar-refractivity contribution in [1.29, 1.82) is 0 Å². The maximum atomic E-state index is 6.37. The number of fused-ring (bicyclic) bond motifs is 9. The number of aromatic nitrogens is 1. The predicted molar refractivity (Wildman–Crippen MR) is 190 cm³/mol. The molecule has 0 bridgehead atoms. The Bertz CT molecular complexity index is 2770. The van der Waals surface area contributed by atoms with Crippen molar-refractivity contribution in [3.8, 4) is 5.69 Å². The molecule has 0 amide bonds. The van der Waals surface area contributed by atoms with Gasteiger partial charge in [0.15, 0.2) is 0 Å². The van der Waals surface area contributed by atoms with Gasteiger partial charge in [0.25, 0.3) is 0 Å². The Morgan fingerprint density at radius 1 is 0.348 bits per heavy atom. The molecule has 3 heterocycles. The smallest absolute Gasteiger partial charge is 0.137 e. The molecular weight excluding hydrogens is 564 g/mol. The summed E-state index contributed by atoms with van der Waals surface area (Å²) in [5, 5.41) is 6.86. The summed E-state index contributed by atoms with van der Waals surface area (Å²) in [7, 11) is 0. The van der Waals surface area contributed by atoms with Crippen LogP contribution in [0.5, 0.6) is 0 Å². The van der Waals surface area contributed by atoms with Crippen molar-refractivity contribution in [3.05, 3.63) is 158 Å². The van der Waals surface area contributed by atoms with Gasteiger partial charge in [0.05, 0.1) is 11.0 Å². The van der Waals surface area contributed by atoms with E-state index < -0.39 is 0 Å². The van der Waals surface area contributed by atoms with Gasteiger partial charge in [0.1, 0.15) is 22.3 Å². The van der Waals surface area contributed by atoms with E-state index in [-0.39, 0.29) is 0 Å². The van der Waals surface area contributed by atoms with Crippen LogP contribution in [0.3, 0.4) is 0 Å². The molecule has 0 aliphatic rings. The van der Waals surface area contributed by atoms with Crippen molar-refractivity contribution in [3.63, 3.8) is 0 Å². The Hall–Kier alpha value is -6.26. The first-order valence-electron chi connectivity index (χ1n) is 15.5. The molecule has 216 valence electrons. The number of benzene rings is 7. The Kier molecular flexibility index (Phi) is 5.25. The highest BCUT2D eigenvalue weighted by Crippen LogP contribution is 2.43. The van der Waals surface area contributed by atoms with E-state index in [9.17, 15) is 0 Å². The third kappa shape index (κ3) is 3.67. The molecule has 4 heteroatoms. The van der Waals surface area contributed by atoms with Crippen LogP contribution >= 0.6 is 0 Å². The molecule has 0 radical (unpaired) electrons. The van der Waals surface area contributed by atoms with Gasteiger partial charge < -0.3 is 18.3 Å². The van der Waals surface area contributed by atoms with Crippen molar-refractivity contribution in [2.24, 2.45) is 0 Å². The minimum atomic E-state index is 0.859. The molecule has 0 saturated carbocycles. The number of rotatable bonds is 4. The highest BCUT2D eigenvalue weighted by atomic mass is 16.3. The largest absolute Gasteiger partial charge is 0.456 e. The van der Waals surface area contributed by atoms with E-state index in [0.717, 1.165) is 72.1 Å². The summed E-state index contributed by atoms with van der Waals surface area (Å²) in [5.41, 5.74) is 10.1. The van der Waals surface area contributed by atoms with Crippen LogP contribution in [0.2, 0.25) is 0 Å². The number of anilines is 3. The summed E-state index contributed by atoms with van der Waals surface area (Å²) < 4.78 is 14.9. The summed E-state index contributed by atoms with van der Waals surface area (Å²) in [5.74, 6) is 0. The lowest BCUT2D eigenvalue weighted by Gasteiger charge is -2.26. The van der Waals surface area contributed by atoms with Gasteiger partial charge in [-0.25, -0.2) is 0 Å². The Labute approximate surface area is 263 Å². The first-order valence-corrected chi connectivity index (χ1v) is 15.5. The Morgan fingerprint density at radius 2 is 0.870 bits per heavy atom. The summed E-state index contributed by atoms with van der Waals surface area (Å²) in [6, 6.07) is 55.5. The van der Waals surface area contributed by atoms with Gasteiger partial charge in [0, 0.05) is 61.1 Å². The van der Waals surface area contributed by atoms with E-state index in [1.807, 2.05) is 24.3 Å². The van der Waals surface area contributed by atoms with Crippen LogP contribution in [0, 0.1) is 0 Å². The van der Waals surface area contributed by atoms with Crippen LogP contribution in [-0.2, 0) is 0 Å². The van der Waals surface area contributed by atoms with E-state index in [2.05, 4.69) is 143 Å². The van der Waals surface area contributed by atoms with Gasteiger partial charge in [-0.3, -0.25) is 0 Å². The molecule has 0 unspecified atom stereocenters. The monoisotopic (exact) mass is 590 g/mol. The second-order valence-electron chi connectivity index (χ2n) is 11.8. The second-order valence-corrected chi connectivity index (χ2v) is 11.8. The number of hydrogen-bond acceptors (Lipinski definition) is 3. The molecule has 0 spiro atoms. The first-order chi connectivity index (χ1) is 22.8. The van der Waals surface area contributed by atoms with E-state index in [1.54, 1.807) is 0 Å². The predicted octanol–water partition coefficient (Wildman–Crippen LogP) is 12.1. The quantitative estimate of drug-likeness (QED) is 0.204. The van der Waals surface area contributed by atoms with Crippen molar-refractivity contribution >= 4 is 82.7 Å². The Morgan fingerprint density at radius 3 is 1.67 bits per heavy atom. The van der Waals surface area contributed by atoms with Crippen LogP contribution in [0.25, 0.3) is 71.4 Å². The summed E-state index contributed by atoms with van der Waals surface area (Å²) in [4.78, 5) is 2.32. The molecule has 0 atom stereocenters. The Balaban J connectivity index is 1.25. The molecule has 7 aromatic carbocycles. The summed E-state index contributed by atoms with van der Waals surface area (Å²) >= 11 is 0. The molecule has 10 aromatic rings. The third-order valence-corrected chi connectivity index (χ3v) is 9.17. The number of hydrogen-bond donors (Lipinski definition) is 0. The van der Waals surface area contributed by atoms with E-state index in [0.29, 0.717) is 0 Å². The van der Waals surface area contributed by atoms with Gasteiger partial charge >= 0.3 is 0 Å². The SMILES string of the molecule is c1ccc(-n2c3ccccc3c3ccc(N(c4ccc5c(c4)oc4ccccc45)c4ccc5oc6ccccc6c5c4)cc32)cc1. The molecule has 46 heavy (non-hydrogen) atoms. The molecule has 0 saturated heterocycles. The van der Waals surface area contributed by atoms with Gasteiger partial charge in [0.2, 0.25) is 0 Å². The molecule has 0 N–H and O–H groups in total. The van der Waals surface area contributed by atoms with Crippen LogP contribution in [0.1, 0.15) is 0 Å². The minimum Gasteiger partial charge on any atom is -0.456 e. The summed E-state index contributed by atoms with van der Waals surface area (Å²) in [6.45, 7) is 0. The molecule has 0 aliphatic carbocycles. The van der Waals surface area contributed by atoms with Gasteiger partial charge in [-0.05, 0) is 72.8 Å². The minimum absolute atomic E-state index is 0.859. The van der Waals surface area contributed by atoms with Crippen LogP contribution in [0.4, 0.5) is 17.1 Å². The van der Waals surface area contributed by atoms with E-state index >= 15 is 0 Å². The van der Waals surface area contributed by atoms with Crippen LogP contribution < -0.4 is 4.90 Å².